The molecule has 0 aliphatic carbocycles. The van der Waals surface area contributed by atoms with Crippen LogP contribution in [0.5, 0.6) is 0 Å². The molecule has 7 heteroatoms. The average Bonchev–Trinajstić information content (AvgIpc) is 2.49. The fraction of sp³-hybridized carbons (Fsp3) is 0.188. The number of hydrogen-bond donors (Lipinski definition) is 2. The zero-order valence-electron chi connectivity index (χ0n) is 12.2. The van der Waals surface area contributed by atoms with Gasteiger partial charge in [0.05, 0.1) is 12.1 Å². The average molecular weight is 343 g/mol. The van der Waals surface area contributed by atoms with Crippen LogP contribution in [0.2, 0.25) is 5.02 Å². The monoisotopic (exact) mass is 342 g/mol. The Bertz CT molecular complexity index is 717. The first kappa shape index (κ1) is 17.1. The summed E-state index contributed by atoms with van der Waals surface area (Å²) in [6, 6.07) is 10.0. The molecule has 0 aliphatic rings. The van der Waals surface area contributed by atoms with Gasteiger partial charge in [0.1, 0.15) is 0 Å². The Morgan fingerprint density at radius 1 is 1.09 bits per heavy atom. The maximum atomic E-state index is 12.9. The number of carbonyl (C=O) groups excluding carboxylic acids is 1. The Balaban J connectivity index is 2.04. The van der Waals surface area contributed by atoms with Gasteiger partial charge in [0.25, 0.3) is 0 Å². The number of hydrogen-bond acceptors (Lipinski definition) is 2. The molecule has 2 aromatic carbocycles. The van der Waals surface area contributed by atoms with E-state index in [1.165, 1.54) is 18.2 Å². The molecule has 0 saturated carbocycles. The maximum Gasteiger partial charge on any atom is 0.418 e. The van der Waals surface area contributed by atoms with Crippen molar-refractivity contribution in [3.05, 3.63) is 58.6 Å². The number of alkyl halides is 3. The zero-order chi connectivity index (χ0) is 17.0. The summed E-state index contributed by atoms with van der Waals surface area (Å²) in [7, 11) is 0. The highest BCUT2D eigenvalue weighted by Crippen LogP contribution is 2.34. The van der Waals surface area contributed by atoms with Gasteiger partial charge in [0, 0.05) is 16.4 Å². The molecule has 0 fully saturated rings. The standard InChI is InChI=1S/C16H14ClF3N2O/c1-10-12(17)6-4-8-13(10)22-15(23)9-21-14-7-3-2-5-11(14)16(18,19)20/h2-8,21H,9H2,1H3,(H,22,23). The highest BCUT2D eigenvalue weighted by atomic mass is 35.5. The van der Waals surface area contributed by atoms with Crippen molar-refractivity contribution in [2.75, 3.05) is 17.2 Å². The molecule has 122 valence electrons. The summed E-state index contributed by atoms with van der Waals surface area (Å²) in [6.07, 6.45) is -4.48. The third-order valence-electron chi connectivity index (χ3n) is 3.21. The maximum absolute atomic E-state index is 12.9. The minimum atomic E-state index is -4.48. The highest BCUT2D eigenvalue weighted by molar-refractivity contribution is 6.31. The predicted octanol–water partition coefficient (Wildman–Crippen LogP) is 4.72. The van der Waals surface area contributed by atoms with Crippen molar-refractivity contribution in [2.24, 2.45) is 0 Å². The van der Waals surface area contributed by atoms with Gasteiger partial charge >= 0.3 is 6.18 Å². The van der Waals surface area contributed by atoms with E-state index >= 15 is 0 Å². The van der Waals surface area contributed by atoms with Crippen molar-refractivity contribution < 1.29 is 18.0 Å². The van der Waals surface area contributed by atoms with Gasteiger partial charge < -0.3 is 10.6 Å². The molecule has 2 N–H and O–H groups in total. The van der Waals surface area contributed by atoms with Gasteiger partial charge in [-0.05, 0) is 36.8 Å². The molecule has 23 heavy (non-hydrogen) atoms. The Morgan fingerprint density at radius 3 is 2.43 bits per heavy atom. The molecule has 0 bridgehead atoms. The van der Waals surface area contributed by atoms with Crippen molar-refractivity contribution in [3.63, 3.8) is 0 Å². The van der Waals surface area contributed by atoms with Crippen LogP contribution in [0.4, 0.5) is 24.5 Å². The second-order valence-corrected chi connectivity index (χ2v) is 5.26. The number of amides is 1. The Hall–Kier alpha value is -2.21. The van der Waals surface area contributed by atoms with Crippen LogP contribution in [-0.2, 0) is 11.0 Å². The summed E-state index contributed by atoms with van der Waals surface area (Å²) < 4.78 is 38.6. The normalized spacial score (nSPS) is 11.2. The van der Waals surface area contributed by atoms with Crippen LogP contribution in [-0.4, -0.2) is 12.5 Å². The van der Waals surface area contributed by atoms with Gasteiger partial charge in [-0.25, -0.2) is 0 Å². The smallest absolute Gasteiger partial charge is 0.376 e. The van der Waals surface area contributed by atoms with E-state index in [4.69, 9.17) is 11.6 Å². The van der Waals surface area contributed by atoms with Crippen LogP contribution in [0.25, 0.3) is 0 Å². The summed E-state index contributed by atoms with van der Waals surface area (Å²) >= 11 is 5.95. The van der Waals surface area contributed by atoms with E-state index in [2.05, 4.69) is 10.6 Å². The molecular weight excluding hydrogens is 329 g/mol. The third-order valence-corrected chi connectivity index (χ3v) is 3.62. The number of benzene rings is 2. The molecule has 0 aliphatic heterocycles. The molecule has 2 rings (SSSR count). The van der Waals surface area contributed by atoms with E-state index in [-0.39, 0.29) is 12.2 Å². The fourth-order valence-electron chi connectivity index (χ4n) is 2.00. The Morgan fingerprint density at radius 2 is 1.74 bits per heavy atom. The number of para-hydroxylation sites is 1. The van der Waals surface area contributed by atoms with Gasteiger partial charge in [0.2, 0.25) is 5.91 Å². The largest absolute Gasteiger partial charge is 0.418 e. The van der Waals surface area contributed by atoms with Gasteiger partial charge in [-0.15, -0.1) is 0 Å². The first-order valence-corrected chi connectivity index (χ1v) is 7.12. The second-order valence-electron chi connectivity index (χ2n) is 4.86. The summed E-state index contributed by atoms with van der Waals surface area (Å²) in [5.41, 5.74) is 0.260. The molecule has 0 radical (unpaired) electrons. The van der Waals surface area contributed by atoms with Crippen molar-refractivity contribution in [3.8, 4) is 0 Å². The van der Waals surface area contributed by atoms with E-state index in [1.54, 1.807) is 25.1 Å². The zero-order valence-corrected chi connectivity index (χ0v) is 12.9. The molecule has 2 aromatic rings. The highest BCUT2D eigenvalue weighted by Gasteiger charge is 2.33. The minimum absolute atomic E-state index is 0.141. The summed E-state index contributed by atoms with van der Waals surface area (Å²) in [6.45, 7) is 1.45. The van der Waals surface area contributed by atoms with Gasteiger partial charge in [0.15, 0.2) is 0 Å². The lowest BCUT2D eigenvalue weighted by Gasteiger charge is -2.15. The third kappa shape index (κ3) is 4.39. The molecule has 0 spiro atoms. The van der Waals surface area contributed by atoms with Crippen LogP contribution in [0.1, 0.15) is 11.1 Å². The summed E-state index contributed by atoms with van der Waals surface area (Å²) in [5.74, 6) is -0.465. The van der Waals surface area contributed by atoms with Gasteiger partial charge in [-0.2, -0.15) is 13.2 Å². The van der Waals surface area contributed by atoms with E-state index in [9.17, 15) is 18.0 Å². The Kier molecular flexibility index (Phi) is 5.15. The first-order valence-electron chi connectivity index (χ1n) is 6.74. The van der Waals surface area contributed by atoms with Crippen molar-refractivity contribution in [1.82, 2.24) is 0 Å². The molecule has 1 amide bonds. The van der Waals surface area contributed by atoms with E-state index < -0.39 is 17.6 Å². The van der Waals surface area contributed by atoms with Gasteiger partial charge in [-0.1, -0.05) is 29.8 Å². The minimum Gasteiger partial charge on any atom is -0.376 e. The molecule has 0 unspecified atom stereocenters. The van der Waals surface area contributed by atoms with Crippen LogP contribution in [0, 0.1) is 6.92 Å². The fourth-order valence-corrected chi connectivity index (χ4v) is 2.17. The molecule has 3 nitrogen and oxygen atoms in total. The van der Waals surface area contributed by atoms with Gasteiger partial charge in [-0.3, -0.25) is 4.79 Å². The molecule has 0 heterocycles. The van der Waals surface area contributed by atoms with Crippen molar-refractivity contribution >= 4 is 28.9 Å². The lowest BCUT2D eigenvalue weighted by atomic mass is 10.1. The molecular formula is C16H14ClF3N2O. The van der Waals surface area contributed by atoms with Crippen LogP contribution in [0.3, 0.4) is 0 Å². The predicted molar refractivity (Wildman–Crippen MR) is 84.8 cm³/mol. The van der Waals surface area contributed by atoms with E-state index in [0.717, 1.165) is 6.07 Å². The molecule has 0 aromatic heterocycles. The SMILES string of the molecule is Cc1c(Cl)cccc1NC(=O)CNc1ccccc1C(F)(F)F. The van der Waals surface area contributed by atoms with E-state index in [0.29, 0.717) is 16.3 Å². The van der Waals surface area contributed by atoms with Crippen molar-refractivity contribution in [1.29, 1.82) is 0 Å². The van der Waals surface area contributed by atoms with Crippen LogP contribution in [0.15, 0.2) is 42.5 Å². The second kappa shape index (κ2) is 6.91. The van der Waals surface area contributed by atoms with Crippen LogP contribution >= 0.6 is 11.6 Å². The number of rotatable bonds is 4. The quantitative estimate of drug-likeness (QED) is 0.844. The molecule has 0 saturated heterocycles. The lowest BCUT2D eigenvalue weighted by molar-refractivity contribution is -0.137. The summed E-state index contributed by atoms with van der Waals surface area (Å²) in [4.78, 5) is 11.9. The molecule has 0 atom stereocenters. The lowest BCUT2D eigenvalue weighted by Crippen LogP contribution is -2.23. The van der Waals surface area contributed by atoms with Crippen LogP contribution < -0.4 is 10.6 Å². The van der Waals surface area contributed by atoms with Crippen molar-refractivity contribution in [2.45, 2.75) is 13.1 Å². The Labute approximate surface area is 136 Å². The topological polar surface area (TPSA) is 41.1 Å². The number of carbonyl (C=O) groups is 1. The first-order chi connectivity index (χ1) is 10.8. The number of anilines is 2. The number of nitrogens with one attached hydrogen (secondary N) is 2. The van der Waals surface area contributed by atoms with E-state index in [1.807, 2.05) is 0 Å². The number of halogens is 4. The summed E-state index contributed by atoms with van der Waals surface area (Å²) in [5, 5.41) is 5.62.